The molecule has 20 heavy (non-hydrogen) atoms. The van der Waals surface area contributed by atoms with Crippen LogP contribution in [0.15, 0.2) is 12.2 Å². The van der Waals surface area contributed by atoms with Crippen LogP contribution in [-0.2, 0) is 4.79 Å². The Morgan fingerprint density at radius 2 is 1.75 bits per heavy atom. The predicted octanol–water partition coefficient (Wildman–Crippen LogP) is 4.90. The molecule has 0 heterocycles. The number of allylic oxidation sites excluding steroid dienone is 2. The first-order chi connectivity index (χ1) is 9.42. The first kappa shape index (κ1) is 19.2. The second-order valence-electron chi connectivity index (χ2n) is 6.42. The van der Waals surface area contributed by atoms with Crippen molar-refractivity contribution in [3.05, 3.63) is 12.2 Å². The van der Waals surface area contributed by atoms with Gasteiger partial charge in [-0.05, 0) is 37.0 Å². The fourth-order valence-corrected chi connectivity index (χ4v) is 2.75. The third-order valence-electron chi connectivity index (χ3n) is 3.97. The Morgan fingerprint density at radius 3 is 2.20 bits per heavy atom. The number of carbonyl (C=O) groups is 1. The Bertz CT molecular complexity index is 283. The molecule has 0 aromatic rings. The Morgan fingerprint density at radius 1 is 1.10 bits per heavy atom. The smallest absolute Gasteiger partial charge is 0.219 e. The maximum atomic E-state index is 11.7. The van der Waals surface area contributed by atoms with E-state index in [0.717, 1.165) is 19.5 Å². The maximum Gasteiger partial charge on any atom is 0.219 e. The monoisotopic (exact) mass is 281 g/mol. The molecule has 0 saturated carbocycles. The highest BCUT2D eigenvalue weighted by Gasteiger charge is 2.20. The lowest BCUT2D eigenvalue weighted by Crippen LogP contribution is -2.37. The molecular weight excluding hydrogens is 246 g/mol. The SMILES string of the molecule is CC/C=C\CCC(CC)C(C)CN(CC(C)C)C(C)=O. The predicted molar refractivity (Wildman–Crippen MR) is 88.7 cm³/mol. The Labute approximate surface area is 126 Å². The van der Waals surface area contributed by atoms with Crippen LogP contribution in [0.25, 0.3) is 0 Å². The van der Waals surface area contributed by atoms with Crippen molar-refractivity contribution in [2.45, 2.75) is 67.2 Å². The number of rotatable bonds is 10. The van der Waals surface area contributed by atoms with E-state index in [-0.39, 0.29) is 5.91 Å². The Kier molecular flexibility index (Phi) is 10.5. The molecular formula is C18H35NO. The van der Waals surface area contributed by atoms with Gasteiger partial charge in [0.2, 0.25) is 5.91 Å². The molecule has 2 unspecified atom stereocenters. The topological polar surface area (TPSA) is 20.3 Å². The van der Waals surface area contributed by atoms with Gasteiger partial charge in [-0.2, -0.15) is 0 Å². The molecule has 0 N–H and O–H groups in total. The number of hydrogen-bond acceptors (Lipinski definition) is 1. The van der Waals surface area contributed by atoms with Crippen LogP contribution >= 0.6 is 0 Å². The lowest BCUT2D eigenvalue weighted by Gasteiger charge is -2.30. The summed E-state index contributed by atoms with van der Waals surface area (Å²) < 4.78 is 0. The van der Waals surface area contributed by atoms with E-state index < -0.39 is 0 Å². The van der Waals surface area contributed by atoms with Gasteiger partial charge >= 0.3 is 0 Å². The van der Waals surface area contributed by atoms with Crippen LogP contribution in [0.4, 0.5) is 0 Å². The van der Waals surface area contributed by atoms with Crippen molar-refractivity contribution in [1.29, 1.82) is 0 Å². The summed E-state index contributed by atoms with van der Waals surface area (Å²) in [4.78, 5) is 13.8. The van der Waals surface area contributed by atoms with E-state index in [2.05, 4.69) is 46.8 Å². The lowest BCUT2D eigenvalue weighted by molar-refractivity contribution is -0.130. The van der Waals surface area contributed by atoms with Crippen molar-refractivity contribution in [3.8, 4) is 0 Å². The lowest BCUT2D eigenvalue weighted by atomic mass is 9.87. The molecule has 1 amide bonds. The summed E-state index contributed by atoms with van der Waals surface area (Å²) in [5.74, 6) is 2.05. The number of amides is 1. The van der Waals surface area contributed by atoms with Crippen LogP contribution in [0, 0.1) is 17.8 Å². The molecule has 0 aliphatic carbocycles. The highest BCUT2D eigenvalue weighted by atomic mass is 16.2. The Balaban J connectivity index is 4.38. The first-order valence-corrected chi connectivity index (χ1v) is 8.32. The van der Waals surface area contributed by atoms with Gasteiger partial charge in [-0.15, -0.1) is 0 Å². The molecule has 0 fully saturated rings. The summed E-state index contributed by atoms with van der Waals surface area (Å²) in [7, 11) is 0. The fourth-order valence-electron chi connectivity index (χ4n) is 2.75. The van der Waals surface area contributed by atoms with Crippen LogP contribution in [0.2, 0.25) is 0 Å². The first-order valence-electron chi connectivity index (χ1n) is 8.32. The second kappa shape index (κ2) is 10.9. The molecule has 0 aliphatic heterocycles. The van der Waals surface area contributed by atoms with E-state index in [1.54, 1.807) is 6.92 Å². The van der Waals surface area contributed by atoms with E-state index in [1.807, 2.05) is 4.90 Å². The van der Waals surface area contributed by atoms with E-state index >= 15 is 0 Å². The van der Waals surface area contributed by atoms with Crippen LogP contribution < -0.4 is 0 Å². The fraction of sp³-hybridized carbons (Fsp3) is 0.833. The van der Waals surface area contributed by atoms with E-state index in [0.29, 0.717) is 17.8 Å². The summed E-state index contributed by atoms with van der Waals surface area (Å²) in [6.45, 7) is 14.6. The Hall–Kier alpha value is -0.790. The highest BCUT2D eigenvalue weighted by molar-refractivity contribution is 5.73. The standard InChI is InChI=1S/C18H35NO/c1-7-9-10-11-12-18(8-2)16(5)14-19(17(6)20)13-15(3)4/h9-10,15-16,18H,7-8,11-14H2,1-6H3/b10-9-. The quantitative estimate of drug-likeness (QED) is 0.522. The number of nitrogens with zero attached hydrogens (tertiary/aromatic N) is 1. The summed E-state index contributed by atoms with van der Waals surface area (Å²) in [6.07, 6.45) is 9.28. The van der Waals surface area contributed by atoms with Crippen molar-refractivity contribution in [3.63, 3.8) is 0 Å². The van der Waals surface area contributed by atoms with Crippen LogP contribution in [0.3, 0.4) is 0 Å². The minimum absolute atomic E-state index is 0.214. The molecule has 0 spiro atoms. The molecule has 0 saturated heterocycles. The molecule has 0 rings (SSSR count). The van der Waals surface area contributed by atoms with Crippen molar-refractivity contribution >= 4 is 5.91 Å². The van der Waals surface area contributed by atoms with Crippen molar-refractivity contribution in [2.24, 2.45) is 17.8 Å². The molecule has 0 aromatic carbocycles. The van der Waals surface area contributed by atoms with Gasteiger partial charge in [-0.1, -0.05) is 53.2 Å². The molecule has 0 aliphatic rings. The molecule has 2 heteroatoms. The van der Waals surface area contributed by atoms with Gasteiger partial charge < -0.3 is 4.90 Å². The normalized spacial score (nSPS) is 14.8. The zero-order chi connectivity index (χ0) is 15.5. The third-order valence-corrected chi connectivity index (χ3v) is 3.97. The number of carbonyl (C=O) groups excluding carboxylic acids is 1. The van der Waals surface area contributed by atoms with E-state index in [9.17, 15) is 4.79 Å². The molecule has 0 aromatic heterocycles. The summed E-state index contributed by atoms with van der Waals surface area (Å²) in [5, 5.41) is 0. The average Bonchev–Trinajstić information content (AvgIpc) is 2.37. The van der Waals surface area contributed by atoms with Gasteiger partial charge in [0, 0.05) is 20.0 Å². The molecule has 2 atom stereocenters. The van der Waals surface area contributed by atoms with E-state index in [4.69, 9.17) is 0 Å². The van der Waals surface area contributed by atoms with Gasteiger partial charge in [0.1, 0.15) is 0 Å². The average molecular weight is 281 g/mol. The van der Waals surface area contributed by atoms with Gasteiger partial charge in [-0.3, -0.25) is 4.79 Å². The van der Waals surface area contributed by atoms with E-state index in [1.165, 1.54) is 19.3 Å². The molecule has 118 valence electrons. The van der Waals surface area contributed by atoms with Crippen LogP contribution in [0.5, 0.6) is 0 Å². The van der Waals surface area contributed by atoms with Gasteiger partial charge in [0.05, 0.1) is 0 Å². The highest BCUT2D eigenvalue weighted by Crippen LogP contribution is 2.23. The molecule has 0 radical (unpaired) electrons. The van der Waals surface area contributed by atoms with Gasteiger partial charge in [-0.25, -0.2) is 0 Å². The molecule has 0 bridgehead atoms. The number of hydrogen-bond donors (Lipinski definition) is 0. The minimum atomic E-state index is 0.214. The summed E-state index contributed by atoms with van der Waals surface area (Å²) >= 11 is 0. The summed E-state index contributed by atoms with van der Waals surface area (Å²) in [6, 6.07) is 0. The van der Waals surface area contributed by atoms with Crippen molar-refractivity contribution in [1.82, 2.24) is 4.90 Å². The molecule has 2 nitrogen and oxygen atoms in total. The third kappa shape index (κ3) is 8.39. The maximum absolute atomic E-state index is 11.7. The van der Waals surface area contributed by atoms with Crippen LogP contribution in [-0.4, -0.2) is 23.9 Å². The second-order valence-corrected chi connectivity index (χ2v) is 6.42. The largest absolute Gasteiger partial charge is 0.342 e. The van der Waals surface area contributed by atoms with Crippen molar-refractivity contribution in [2.75, 3.05) is 13.1 Å². The zero-order valence-electron chi connectivity index (χ0n) is 14.5. The van der Waals surface area contributed by atoms with Crippen LogP contribution in [0.1, 0.15) is 67.2 Å². The van der Waals surface area contributed by atoms with Gasteiger partial charge in [0.15, 0.2) is 0 Å². The van der Waals surface area contributed by atoms with Crippen molar-refractivity contribution < 1.29 is 4.79 Å². The summed E-state index contributed by atoms with van der Waals surface area (Å²) in [5.41, 5.74) is 0. The van der Waals surface area contributed by atoms with Gasteiger partial charge in [0.25, 0.3) is 0 Å². The minimum Gasteiger partial charge on any atom is -0.342 e. The zero-order valence-corrected chi connectivity index (χ0v) is 14.5.